The predicted octanol–water partition coefficient (Wildman–Crippen LogP) is 2.61. The number of carbonyl (C=O) groups excluding carboxylic acids is 1. The summed E-state index contributed by atoms with van der Waals surface area (Å²) in [5, 5.41) is 2.92. The zero-order valence-electron chi connectivity index (χ0n) is 16.9. The van der Waals surface area contributed by atoms with E-state index in [2.05, 4.69) is 25.2 Å². The highest BCUT2D eigenvalue weighted by molar-refractivity contribution is 6.07. The summed E-state index contributed by atoms with van der Waals surface area (Å²) < 4.78 is 0. The SMILES string of the molecule is Cc1ccnc(-c2ccc(N)c(C(=O)Nc3cnccc3N3CCC[C@H](N)C3)n2)c1. The van der Waals surface area contributed by atoms with Gasteiger partial charge in [0.1, 0.15) is 0 Å². The summed E-state index contributed by atoms with van der Waals surface area (Å²) in [5.74, 6) is -0.391. The average molecular weight is 403 g/mol. The summed E-state index contributed by atoms with van der Waals surface area (Å²) in [6, 6.07) is 9.26. The Morgan fingerprint density at radius 2 is 2.07 bits per heavy atom. The van der Waals surface area contributed by atoms with Gasteiger partial charge in [0, 0.05) is 31.5 Å². The number of aromatic nitrogens is 3. The van der Waals surface area contributed by atoms with Crippen LogP contribution >= 0.6 is 0 Å². The maximum Gasteiger partial charge on any atom is 0.276 e. The second kappa shape index (κ2) is 8.46. The molecule has 154 valence electrons. The van der Waals surface area contributed by atoms with Gasteiger partial charge < -0.3 is 21.7 Å². The van der Waals surface area contributed by atoms with Crippen molar-refractivity contribution in [1.29, 1.82) is 0 Å². The highest BCUT2D eigenvalue weighted by Gasteiger charge is 2.21. The lowest BCUT2D eigenvalue weighted by molar-refractivity contribution is 0.102. The summed E-state index contributed by atoms with van der Waals surface area (Å²) in [7, 11) is 0. The standard InChI is InChI=1S/C22H25N7O/c1-14-6-9-26-18(11-14)17-5-4-16(24)21(27-17)22(30)28-19-12-25-8-7-20(19)29-10-2-3-15(23)13-29/h4-9,11-12,15H,2-3,10,13,23-24H2,1H3,(H,28,30)/t15-/m0/s1. The summed E-state index contributed by atoms with van der Waals surface area (Å²) >= 11 is 0. The molecule has 0 radical (unpaired) electrons. The Kier molecular flexibility index (Phi) is 5.58. The van der Waals surface area contributed by atoms with Crippen molar-refractivity contribution in [2.75, 3.05) is 29.0 Å². The molecule has 4 rings (SSSR count). The van der Waals surface area contributed by atoms with Gasteiger partial charge in [0.05, 0.1) is 34.6 Å². The van der Waals surface area contributed by atoms with Gasteiger partial charge in [0.15, 0.2) is 5.69 Å². The fraction of sp³-hybridized carbons (Fsp3) is 0.273. The van der Waals surface area contributed by atoms with Gasteiger partial charge in [-0.3, -0.25) is 14.8 Å². The van der Waals surface area contributed by atoms with Crippen molar-refractivity contribution in [2.24, 2.45) is 5.73 Å². The molecule has 0 aliphatic carbocycles. The van der Waals surface area contributed by atoms with Crippen LogP contribution in [0.3, 0.4) is 0 Å². The van der Waals surface area contributed by atoms with Gasteiger partial charge in [-0.2, -0.15) is 0 Å². The summed E-state index contributed by atoms with van der Waals surface area (Å²) in [6.07, 6.45) is 7.07. The van der Waals surface area contributed by atoms with Crippen LogP contribution in [0.2, 0.25) is 0 Å². The molecule has 8 nitrogen and oxygen atoms in total. The zero-order chi connectivity index (χ0) is 21.1. The molecule has 1 aliphatic heterocycles. The van der Waals surface area contributed by atoms with Gasteiger partial charge in [0.25, 0.3) is 5.91 Å². The number of hydrogen-bond donors (Lipinski definition) is 3. The lowest BCUT2D eigenvalue weighted by Gasteiger charge is -2.33. The number of pyridine rings is 3. The fourth-order valence-corrected chi connectivity index (χ4v) is 3.64. The Labute approximate surface area is 175 Å². The molecule has 0 aromatic carbocycles. The van der Waals surface area contributed by atoms with E-state index >= 15 is 0 Å². The average Bonchev–Trinajstić information content (AvgIpc) is 2.74. The Bertz CT molecular complexity index is 1070. The van der Waals surface area contributed by atoms with Gasteiger partial charge in [-0.25, -0.2) is 4.98 Å². The molecule has 8 heteroatoms. The molecule has 5 N–H and O–H groups in total. The second-order valence-electron chi connectivity index (χ2n) is 7.55. The first-order valence-electron chi connectivity index (χ1n) is 9.96. The highest BCUT2D eigenvalue weighted by atomic mass is 16.1. The number of nitrogens with one attached hydrogen (secondary N) is 1. The van der Waals surface area contributed by atoms with Crippen LogP contribution in [0, 0.1) is 6.92 Å². The third-order valence-electron chi connectivity index (χ3n) is 5.16. The Morgan fingerprint density at radius 1 is 1.20 bits per heavy atom. The molecule has 1 fully saturated rings. The zero-order valence-corrected chi connectivity index (χ0v) is 16.9. The van der Waals surface area contributed by atoms with Crippen molar-refractivity contribution in [3.8, 4) is 11.4 Å². The van der Waals surface area contributed by atoms with Crippen molar-refractivity contribution in [3.05, 3.63) is 60.2 Å². The Morgan fingerprint density at radius 3 is 2.87 bits per heavy atom. The lowest BCUT2D eigenvalue weighted by atomic mass is 10.1. The van der Waals surface area contributed by atoms with E-state index in [9.17, 15) is 4.79 Å². The Balaban J connectivity index is 1.61. The number of anilines is 3. The molecular formula is C22H25N7O. The third kappa shape index (κ3) is 4.23. The summed E-state index contributed by atoms with van der Waals surface area (Å²) in [6.45, 7) is 3.60. The van der Waals surface area contributed by atoms with E-state index in [-0.39, 0.29) is 11.7 Å². The van der Waals surface area contributed by atoms with Crippen LogP contribution in [0.4, 0.5) is 17.1 Å². The highest BCUT2D eigenvalue weighted by Crippen LogP contribution is 2.28. The number of hydrogen-bond acceptors (Lipinski definition) is 7. The lowest BCUT2D eigenvalue weighted by Crippen LogP contribution is -2.43. The normalized spacial score (nSPS) is 16.3. The summed E-state index contributed by atoms with van der Waals surface area (Å²) in [4.78, 5) is 28.2. The van der Waals surface area contributed by atoms with Gasteiger partial charge >= 0.3 is 0 Å². The minimum atomic E-state index is -0.391. The smallest absolute Gasteiger partial charge is 0.276 e. The first kappa shape index (κ1) is 19.8. The van der Waals surface area contributed by atoms with E-state index in [1.165, 1.54) is 0 Å². The number of carbonyl (C=O) groups is 1. The molecule has 1 saturated heterocycles. The van der Waals surface area contributed by atoms with Gasteiger partial charge in [-0.05, 0) is 55.7 Å². The fourth-order valence-electron chi connectivity index (χ4n) is 3.64. The van der Waals surface area contributed by atoms with Crippen LogP contribution in [0.15, 0.2) is 48.9 Å². The number of amides is 1. The minimum absolute atomic E-state index is 0.117. The van der Waals surface area contributed by atoms with E-state index in [4.69, 9.17) is 11.5 Å². The Hall–Kier alpha value is -3.52. The number of aryl methyl sites for hydroxylation is 1. The van der Waals surface area contributed by atoms with Crippen molar-refractivity contribution < 1.29 is 4.79 Å². The maximum absolute atomic E-state index is 13.0. The largest absolute Gasteiger partial charge is 0.397 e. The molecule has 0 spiro atoms. The van der Waals surface area contributed by atoms with Crippen molar-refractivity contribution in [3.63, 3.8) is 0 Å². The third-order valence-corrected chi connectivity index (χ3v) is 5.16. The van der Waals surface area contributed by atoms with Crippen LogP contribution in [0.25, 0.3) is 11.4 Å². The number of piperidine rings is 1. The topological polar surface area (TPSA) is 123 Å². The molecule has 1 amide bonds. The summed E-state index contributed by atoms with van der Waals surface area (Å²) in [5.41, 5.74) is 16.5. The van der Waals surface area contributed by atoms with E-state index in [1.807, 2.05) is 25.1 Å². The maximum atomic E-state index is 13.0. The van der Waals surface area contributed by atoms with Crippen molar-refractivity contribution in [2.45, 2.75) is 25.8 Å². The predicted molar refractivity (Wildman–Crippen MR) is 118 cm³/mol. The molecular weight excluding hydrogens is 378 g/mol. The van der Waals surface area contributed by atoms with Crippen LogP contribution < -0.4 is 21.7 Å². The first-order valence-corrected chi connectivity index (χ1v) is 9.96. The molecule has 0 unspecified atom stereocenters. The second-order valence-corrected chi connectivity index (χ2v) is 7.55. The van der Waals surface area contributed by atoms with Crippen LogP contribution in [-0.2, 0) is 0 Å². The molecule has 0 bridgehead atoms. The van der Waals surface area contributed by atoms with Gasteiger partial charge in [0.2, 0.25) is 0 Å². The minimum Gasteiger partial charge on any atom is -0.397 e. The number of nitrogens with two attached hydrogens (primary N) is 2. The quantitative estimate of drug-likeness (QED) is 0.612. The van der Waals surface area contributed by atoms with Crippen molar-refractivity contribution >= 4 is 23.0 Å². The molecule has 0 saturated carbocycles. The van der Waals surface area contributed by atoms with E-state index < -0.39 is 5.91 Å². The monoisotopic (exact) mass is 403 g/mol. The van der Waals surface area contributed by atoms with E-state index in [0.29, 0.717) is 22.8 Å². The van der Waals surface area contributed by atoms with Crippen molar-refractivity contribution in [1.82, 2.24) is 15.0 Å². The van der Waals surface area contributed by atoms with Crippen LogP contribution in [0.1, 0.15) is 28.9 Å². The first-order chi connectivity index (χ1) is 14.5. The molecule has 3 aromatic rings. The molecule has 3 aromatic heterocycles. The number of rotatable bonds is 4. The van der Waals surface area contributed by atoms with Crippen LogP contribution in [-0.4, -0.2) is 40.0 Å². The molecule has 1 atom stereocenters. The molecule has 30 heavy (non-hydrogen) atoms. The number of nitrogen functional groups attached to an aromatic ring is 1. The van der Waals surface area contributed by atoms with E-state index in [1.54, 1.807) is 30.7 Å². The van der Waals surface area contributed by atoms with Crippen LogP contribution in [0.5, 0.6) is 0 Å². The number of nitrogens with zero attached hydrogens (tertiary/aromatic N) is 4. The van der Waals surface area contributed by atoms with Gasteiger partial charge in [-0.1, -0.05) is 0 Å². The molecule has 4 heterocycles. The molecule has 1 aliphatic rings. The van der Waals surface area contributed by atoms with Gasteiger partial charge in [-0.15, -0.1) is 0 Å². The van der Waals surface area contributed by atoms with E-state index in [0.717, 1.165) is 37.2 Å².